The van der Waals surface area contributed by atoms with E-state index in [0.29, 0.717) is 10.7 Å². The highest BCUT2D eigenvalue weighted by Crippen LogP contribution is 2.48. The van der Waals surface area contributed by atoms with E-state index < -0.39 is 8.07 Å². The Bertz CT molecular complexity index is 386. The summed E-state index contributed by atoms with van der Waals surface area (Å²) in [5, 5.41) is 4.90. The fourth-order valence-corrected chi connectivity index (χ4v) is 6.58. The summed E-state index contributed by atoms with van der Waals surface area (Å²) in [5.41, 5.74) is 0.593. The molecule has 108 valence electrons. The summed E-state index contributed by atoms with van der Waals surface area (Å²) in [6, 6.07) is 0. The molecule has 2 rings (SSSR count). The molecule has 1 heterocycles. The van der Waals surface area contributed by atoms with Crippen LogP contribution in [-0.4, -0.2) is 22.8 Å². The lowest BCUT2D eigenvalue weighted by atomic mass is 9.89. The van der Waals surface area contributed by atoms with Crippen LogP contribution in [0, 0.1) is 5.92 Å². The molecule has 1 unspecified atom stereocenters. The van der Waals surface area contributed by atoms with Gasteiger partial charge in [-0.2, -0.15) is 5.10 Å². The number of rotatable bonds is 3. The lowest BCUT2D eigenvalue weighted by molar-refractivity contribution is 0.281. The molecule has 0 amide bonds. The minimum absolute atomic E-state index is 0.390. The summed E-state index contributed by atoms with van der Waals surface area (Å²) in [7, 11) is -1.47. The van der Waals surface area contributed by atoms with E-state index in [1.165, 1.54) is 32.1 Å². The van der Waals surface area contributed by atoms with E-state index in [1.807, 2.05) is 6.33 Å². The quantitative estimate of drug-likeness (QED) is 0.765. The summed E-state index contributed by atoms with van der Waals surface area (Å²) in [4.78, 5) is 4.21. The van der Waals surface area contributed by atoms with Gasteiger partial charge in [0.05, 0.1) is 8.07 Å². The standard InChI is InChI=1S/C15H29N3Si/c1-15(2,3)19(4,5)14(18-12-16-11-17-18)13-9-7-6-8-10-13/h11-14H,6-10H2,1-5H3. The van der Waals surface area contributed by atoms with Gasteiger partial charge in [-0.3, -0.25) is 4.68 Å². The van der Waals surface area contributed by atoms with E-state index in [-0.39, 0.29) is 0 Å². The van der Waals surface area contributed by atoms with E-state index in [4.69, 9.17) is 0 Å². The van der Waals surface area contributed by atoms with Crippen LogP contribution in [0.15, 0.2) is 12.7 Å². The second kappa shape index (κ2) is 5.39. The summed E-state index contributed by atoms with van der Waals surface area (Å²) in [6.45, 7) is 12.3. The fraction of sp³-hybridized carbons (Fsp3) is 0.867. The van der Waals surface area contributed by atoms with Crippen LogP contribution in [-0.2, 0) is 0 Å². The van der Waals surface area contributed by atoms with E-state index in [2.05, 4.69) is 48.6 Å². The Labute approximate surface area is 118 Å². The lowest BCUT2D eigenvalue weighted by Gasteiger charge is -2.47. The zero-order valence-corrected chi connectivity index (χ0v) is 14.2. The Hall–Kier alpha value is -0.643. The van der Waals surface area contributed by atoms with Crippen LogP contribution in [0.4, 0.5) is 0 Å². The Morgan fingerprint density at radius 3 is 2.26 bits per heavy atom. The lowest BCUT2D eigenvalue weighted by Crippen LogP contribution is -2.50. The Kier molecular flexibility index (Phi) is 4.19. The van der Waals surface area contributed by atoms with Crippen molar-refractivity contribution in [3.63, 3.8) is 0 Å². The molecule has 1 atom stereocenters. The topological polar surface area (TPSA) is 30.7 Å². The van der Waals surface area contributed by atoms with Crippen molar-refractivity contribution in [1.29, 1.82) is 0 Å². The maximum absolute atomic E-state index is 4.51. The van der Waals surface area contributed by atoms with Crippen LogP contribution >= 0.6 is 0 Å². The van der Waals surface area contributed by atoms with Crippen LogP contribution in [0.5, 0.6) is 0 Å². The minimum atomic E-state index is -1.47. The average molecular weight is 280 g/mol. The van der Waals surface area contributed by atoms with Crippen LogP contribution in [0.1, 0.15) is 58.5 Å². The van der Waals surface area contributed by atoms with Gasteiger partial charge in [-0.25, -0.2) is 4.98 Å². The smallest absolute Gasteiger partial charge is 0.137 e. The van der Waals surface area contributed by atoms with Gasteiger partial charge >= 0.3 is 0 Å². The molecule has 0 N–H and O–H groups in total. The normalized spacial score (nSPS) is 20.5. The monoisotopic (exact) mass is 279 g/mol. The molecule has 4 heteroatoms. The van der Waals surface area contributed by atoms with Crippen molar-refractivity contribution in [1.82, 2.24) is 14.8 Å². The molecular formula is C15H29N3Si. The first-order valence-corrected chi connectivity index (χ1v) is 10.8. The van der Waals surface area contributed by atoms with E-state index in [0.717, 1.165) is 5.92 Å². The van der Waals surface area contributed by atoms with Crippen LogP contribution < -0.4 is 0 Å². The third kappa shape index (κ3) is 2.93. The molecule has 1 saturated carbocycles. The second-order valence-corrected chi connectivity index (χ2v) is 13.2. The van der Waals surface area contributed by atoms with Crippen molar-refractivity contribution in [3.05, 3.63) is 12.7 Å². The van der Waals surface area contributed by atoms with Crippen LogP contribution in [0.3, 0.4) is 0 Å². The van der Waals surface area contributed by atoms with Gasteiger partial charge in [-0.05, 0) is 23.8 Å². The van der Waals surface area contributed by atoms with E-state index in [9.17, 15) is 0 Å². The fourth-order valence-electron chi connectivity index (χ4n) is 3.39. The molecule has 0 aromatic carbocycles. The number of nitrogens with zero attached hydrogens (tertiary/aromatic N) is 3. The van der Waals surface area contributed by atoms with Crippen molar-refractivity contribution in [3.8, 4) is 0 Å². The molecule has 3 nitrogen and oxygen atoms in total. The van der Waals surface area contributed by atoms with Gasteiger partial charge in [0.15, 0.2) is 0 Å². The third-order valence-electron chi connectivity index (χ3n) is 5.49. The number of aromatic nitrogens is 3. The van der Waals surface area contributed by atoms with Crippen molar-refractivity contribution in [2.45, 2.75) is 76.7 Å². The van der Waals surface area contributed by atoms with E-state index in [1.54, 1.807) is 6.33 Å². The van der Waals surface area contributed by atoms with Crippen LogP contribution in [0.25, 0.3) is 0 Å². The highest BCUT2D eigenvalue weighted by Gasteiger charge is 2.47. The largest absolute Gasteiger partial charge is 0.253 e. The summed E-state index contributed by atoms with van der Waals surface area (Å²) < 4.78 is 2.19. The average Bonchev–Trinajstić information content (AvgIpc) is 2.82. The number of hydrogen-bond donors (Lipinski definition) is 0. The molecule has 19 heavy (non-hydrogen) atoms. The predicted molar refractivity (Wildman–Crippen MR) is 82.8 cm³/mol. The zero-order chi connectivity index (χ0) is 14.1. The predicted octanol–water partition coefficient (Wildman–Crippen LogP) is 4.45. The van der Waals surface area contributed by atoms with E-state index >= 15 is 0 Å². The molecule has 1 aliphatic carbocycles. The zero-order valence-electron chi connectivity index (χ0n) is 13.2. The maximum Gasteiger partial charge on any atom is 0.137 e. The molecule has 0 radical (unpaired) electrons. The molecule has 0 saturated heterocycles. The van der Waals surface area contributed by atoms with Gasteiger partial charge in [-0.15, -0.1) is 0 Å². The molecule has 1 aromatic rings. The summed E-state index contributed by atoms with van der Waals surface area (Å²) >= 11 is 0. The minimum Gasteiger partial charge on any atom is -0.253 e. The molecule has 1 aliphatic rings. The first kappa shape index (κ1) is 14.8. The third-order valence-corrected chi connectivity index (χ3v) is 11.6. The Morgan fingerprint density at radius 2 is 1.79 bits per heavy atom. The first-order valence-electron chi connectivity index (χ1n) is 7.68. The first-order chi connectivity index (χ1) is 8.84. The number of hydrogen-bond acceptors (Lipinski definition) is 2. The SMILES string of the molecule is CC(C)(C)[Si](C)(C)C(C1CCCCC1)n1cncn1. The highest BCUT2D eigenvalue weighted by molar-refractivity contribution is 6.80. The van der Waals surface area contributed by atoms with Crippen molar-refractivity contribution in [2.75, 3.05) is 0 Å². The molecular weight excluding hydrogens is 250 g/mol. The van der Waals surface area contributed by atoms with Crippen LogP contribution in [0.2, 0.25) is 18.1 Å². The van der Waals surface area contributed by atoms with Crippen molar-refractivity contribution >= 4 is 8.07 Å². The summed E-state index contributed by atoms with van der Waals surface area (Å²) in [6.07, 6.45) is 10.6. The highest BCUT2D eigenvalue weighted by atomic mass is 28.3. The van der Waals surface area contributed by atoms with Gasteiger partial charge < -0.3 is 0 Å². The molecule has 1 aromatic heterocycles. The maximum atomic E-state index is 4.51. The second-order valence-electron chi connectivity index (χ2n) is 7.69. The molecule has 0 spiro atoms. The molecule has 1 fully saturated rings. The Morgan fingerprint density at radius 1 is 1.16 bits per heavy atom. The van der Waals surface area contributed by atoms with Gasteiger partial charge in [0, 0.05) is 5.67 Å². The molecule has 0 aliphatic heterocycles. The van der Waals surface area contributed by atoms with Gasteiger partial charge in [0.25, 0.3) is 0 Å². The van der Waals surface area contributed by atoms with Crippen molar-refractivity contribution in [2.24, 2.45) is 5.92 Å². The Balaban J connectivity index is 2.34. The molecule has 0 bridgehead atoms. The van der Waals surface area contributed by atoms with Crippen molar-refractivity contribution < 1.29 is 0 Å². The van der Waals surface area contributed by atoms with Gasteiger partial charge in [0.2, 0.25) is 0 Å². The summed E-state index contributed by atoms with van der Waals surface area (Å²) in [5.74, 6) is 0.802. The van der Waals surface area contributed by atoms with Gasteiger partial charge in [-0.1, -0.05) is 53.1 Å². The van der Waals surface area contributed by atoms with Gasteiger partial charge in [0.1, 0.15) is 12.7 Å².